The van der Waals surface area contributed by atoms with Gasteiger partial charge >= 0.3 is 11.9 Å². The number of hydrogen-bond acceptors (Lipinski definition) is 10. The van der Waals surface area contributed by atoms with E-state index in [1.807, 2.05) is 69.3 Å². The van der Waals surface area contributed by atoms with Crippen LogP contribution in [0.3, 0.4) is 0 Å². The zero-order valence-corrected chi connectivity index (χ0v) is 35.8. The molecular weight excluding hydrogens is 753 g/mol. The van der Waals surface area contributed by atoms with E-state index in [4.69, 9.17) is 23.9 Å². The molecule has 13 heteroatoms. The van der Waals surface area contributed by atoms with E-state index in [-0.39, 0.29) is 24.3 Å². The SMILES string of the molecule is CC[C@H](NC(=O)C1CC(Oc2cc(-c3ccccc3)nc3cc(OC)ccc23)C=C1C(=O)N[C@@H](C(=O)N[C@@H](C(=O)OC)C1CCCCC1)C(C)(C)C)C(=O)OC(C)(C)C. The van der Waals surface area contributed by atoms with Gasteiger partial charge in [0.25, 0.3) is 0 Å². The predicted octanol–water partition coefficient (Wildman–Crippen LogP) is 6.61. The van der Waals surface area contributed by atoms with Crippen LogP contribution in [-0.4, -0.2) is 78.7 Å². The second-order valence-electron chi connectivity index (χ2n) is 17.5. The van der Waals surface area contributed by atoms with Gasteiger partial charge in [0.05, 0.1) is 31.3 Å². The van der Waals surface area contributed by atoms with Gasteiger partial charge in [-0.3, -0.25) is 14.4 Å². The molecular formula is C46H60N4O9. The van der Waals surface area contributed by atoms with Crippen molar-refractivity contribution >= 4 is 40.6 Å². The molecule has 0 saturated heterocycles. The minimum absolute atomic E-state index is 0.0540. The van der Waals surface area contributed by atoms with E-state index in [9.17, 15) is 24.0 Å². The summed E-state index contributed by atoms with van der Waals surface area (Å²) in [5, 5.41) is 9.32. The molecule has 318 valence electrons. The van der Waals surface area contributed by atoms with Crippen molar-refractivity contribution in [2.24, 2.45) is 17.3 Å². The molecule has 5 atom stereocenters. The molecule has 1 saturated carbocycles. The number of benzene rings is 2. The molecule has 2 unspecified atom stereocenters. The number of pyridine rings is 1. The van der Waals surface area contributed by atoms with Crippen LogP contribution < -0.4 is 25.4 Å². The first-order valence-electron chi connectivity index (χ1n) is 20.6. The van der Waals surface area contributed by atoms with E-state index in [2.05, 4.69) is 16.0 Å². The first-order chi connectivity index (χ1) is 27.9. The van der Waals surface area contributed by atoms with Crippen LogP contribution >= 0.6 is 0 Å². The Morgan fingerprint density at radius 1 is 0.847 bits per heavy atom. The highest BCUT2D eigenvalue weighted by atomic mass is 16.6. The van der Waals surface area contributed by atoms with Gasteiger partial charge < -0.3 is 34.9 Å². The summed E-state index contributed by atoms with van der Waals surface area (Å²) in [6, 6.07) is 14.0. The molecule has 2 aromatic carbocycles. The summed E-state index contributed by atoms with van der Waals surface area (Å²) in [7, 11) is 2.87. The maximum absolute atomic E-state index is 14.5. The fourth-order valence-corrected chi connectivity index (χ4v) is 7.69. The molecule has 1 fully saturated rings. The van der Waals surface area contributed by atoms with Crippen molar-refractivity contribution in [3.05, 3.63) is 66.2 Å². The number of nitrogens with one attached hydrogen (secondary N) is 3. The van der Waals surface area contributed by atoms with Gasteiger partial charge in [0, 0.05) is 35.1 Å². The molecule has 0 bridgehead atoms. The second kappa shape index (κ2) is 19.1. The maximum atomic E-state index is 14.5. The quantitative estimate of drug-likeness (QED) is 0.151. The fourth-order valence-electron chi connectivity index (χ4n) is 7.69. The lowest BCUT2D eigenvalue weighted by Gasteiger charge is -2.34. The van der Waals surface area contributed by atoms with Crippen molar-refractivity contribution in [3.63, 3.8) is 0 Å². The average Bonchev–Trinajstić information content (AvgIpc) is 3.63. The molecule has 5 rings (SSSR count). The highest BCUT2D eigenvalue weighted by molar-refractivity contribution is 6.04. The smallest absolute Gasteiger partial charge is 0.329 e. The van der Waals surface area contributed by atoms with Crippen LogP contribution in [0.2, 0.25) is 0 Å². The van der Waals surface area contributed by atoms with Crippen molar-refractivity contribution in [1.29, 1.82) is 0 Å². The Kier molecular flexibility index (Phi) is 14.4. The third kappa shape index (κ3) is 11.4. The molecule has 0 spiro atoms. The standard InChI is InChI=1S/C46H60N4O9/c1-10-34(43(54)59-46(5,6)7)48-40(51)32-23-30(58-37-26-35(27-17-13-11-14-18-27)47-36-25-29(56-8)21-22-31(36)37)24-33(32)41(52)50-39(45(2,3)4)42(53)49-38(44(55)57-9)28-19-15-12-16-20-28/h11,13-14,17-18,21-22,24-26,28,30,32,34,38-39H,10,12,15-16,19-20,23H2,1-9H3,(H,48,51)(H,49,53)(H,50,52)/t30?,32?,34-,38+,39-/m0/s1. The van der Waals surface area contributed by atoms with Crippen LogP contribution in [0.25, 0.3) is 22.2 Å². The van der Waals surface area contributed by atoms with Gasteiger partial charge in [-0.2, -0.15) is 0 Å². The molecule has 0 aliphatic heterocycles. The number of methoxy groups -OCH3 is 2. The topological polar surface area (TPSA) is 171 Å². The van der Waals surface area contributed by atoms with Gasteiger partial charge in [0.15, 0.2) is 0 Å². The number of esters is 2. The Bertz CT molecular complexity index is 2030. The number of aromatic nitrogens is 1. The average molecular weight is 813 g/mol. The van der Waals surface area contributed by atoms with Crippen molar-refractivity contribution in [1.82, 2.24) is 20.9 Å². The summed E-state index contributed by atoms with van der Waals surface area (Å²) >= 11 is 0. The first-order valence-corrected chi connectivity index (χ1v) is 20.6. The molecule has 2 aliphatic carbocycles. The van der Waals surface area contributed by atoms with E-state index in [0.717, 1.165) is 37.7 Å². The number of amides is 3. The van der Waals surface area contributed by atoms with E-state index >= 15 is 0 Å². The lowest BCUT2D eigenvalue weighted by atomic mass is 9.82. The lowest BCUT2D eigenvalue weighted by molar-refractivity contribution is -0.159. The maximum Gasteiger partial charge on any atom is 0.329 e. The van der Waals surface area contributed by atoms with E-state index in [1.54, 1.807) is 46.9 Å². The lowest BCUT2D eigenvalue weighted by Crippen LogP contribution is -2.58. The van der Waals surface area contributed by atoms with Crippen LogP contribution in [0.5, 0.6) is 11.5 Å². The van der Waals surface area contributed by atoms with E-state index < -0.39 is 70.8 Å². The summed E-state index contributed by atoms with van der Waals surface area (Å²) in [4.78, 5) is 73.8. The van der Waals surface area contributed by atoms with Gasteiger partial charge in [-0.25, -0.2) is 14.6 Å². The molecule has 3 aromatic rings. The van der Waals surface area contributed by atoms with Crippen molar-refractivity contribution in [3.8, 4) is 22.8 Å². The van der Waals surface area contributed by atoms with Gasteiger partial charge in [0.2, 0.25) is 17.7 Å². The number of rotatable bonds is 14. The molecule has 59 heavy (non-hydrogen) atoms. The Hall–Kier alpha value is -5.46. The predicted molar refractivity (Wildman–Crippen MR) is 224 cm³/mol. The number of carbonyl (C=O) groups excluding carboxylic acids is 5. The Morgan fingerprint density at radius 3 is 2.15 bits per heavy atom. The molecule has 0 radical (unpaired) electrons. The highest BCUT2D eigenvalue weighted by Gasteiger charge is 2.43. The molecule has 1 heterocycles. The van der Waals surface area contributed by atoms with E-state index in [0.29, 0.717) is 28.1 Å². The summed E-state index contributed by atoms with van der Waals surface area (Å²) < 4.78 is 22.8. The second-order valence-corrected chi connectivity index (χ2v) is 17.5. The number of hydrogen-bond donors (Lipinski definition) is 3. The number of nitrogens with zero attached hydrogens (tertiary/aromatic N) is 1. The van der Waals surface area contributed by atoms with Gasteiger partial charge in [0.1, 0.15) is 41.3 Å². The molecule has 1 aromatic heterocycles. The molecule has 13 nitrogen and oxygen atoms in total. The summed E-state index contributed by atoms with van der Waals surface area (Å²) in [6.07, 6.45) is 5.62. The normalized spacial score (nSPS) is 18.8. The number of fused-ring (bicyclic) bond motifs is 1. The zero-order valence-electron chi connectivity index (χ0n) is 35.8. The van der Waals surface area contributed by atoms with E-state index in [1.165, 1.54) is 7.11 Å². The van der Waals surface area contributed by atoms with Crippen molar-refractivity contribution < 1.29 is 42.9 Å². The zero-order chi connectivity index (χ0) is 43.1. The van der Waals surface area contributed by atoms with Crippen LogP contribution in [0.4, 0.5) is 0 Å². The molecule has 2 aliphatic rings. The third-order valence-corrected chi connectivity index (χ3v) is 10.8. The third-order valence-electron chi connectivity index (χ3n) is 10.8. The summed E-state index contributed by atoms with van der Waals surface area (Å²) in [6.45, 7) is 12.4. The van der Waals surface area contributed by atoms with Crippen LogP contribution in [-0.2, 0) is 33.4 Å². The fraction of sp³-hybridized carbons (Fsp3) is 0.522. The van der Waals surface area contributed by atoms with Crippen molar-refractivity contribution in [2.45, 2.75) is 123 Å². The summed E-state index contributed by atoms with van der Waals surface area (Å²) in [5.74, 6) is -2.96. The largest absolute Gasteiger partial charge is 0.497 e. The highest BCUT2D eigenvalue weighted by Crippen LogP contribution is 2.37. The van der Waals surface area contributed by atoms with Gasteiger partial charge in [-0.1, -0.05) is 77.3 Å². The molecule has 3 N–H and O–H groups in total. The minimum Gasteiger partial charge on any atom is -0.497 e. The van der Waals surface area contributed by atoms with Crippen LogP contribution in [0.15, 0.2) is 66.2 Å². The Balaban J connectivity index is 1.49. The van der Waals surface area contributed by atoms with Gasteiger partial charge in [-0.05, 0) is 69.6 Å². The minimum atomic E-state index is -1.10. The van der Waals surface area contributed by atoms with Crippen molar-refractivity contribution in [2.75, 3.05) is 14.2 Å². The number of ether oxygens (including phenoxy) is 4. The Labute approximate surface area is 347 Å². The first kappa shape index (κ1) is 44.6. The Morgan fingerprint density at radius 2 is 1.54 bits per heavy atom. The summed E-state index contributed by atoms with van der Waals surface area (Å²) in [5.41, 5.74) is 0.614. The monoisotopic (exact) mass is 812 g/mol. The van der Waals surface area contributed by atoms with Crippen LogP contribution in [0, 0.1) is 17.3 Å². The van der Waals surface area contributed by atoms with Crippen LogP contribution in [0.1, 0.15) is 93.4 Å². The molecule has 3 amide bonds. The van der Waals surface area contributed by atoms with Gasteiger partial charge in [-0.15, -0.1) is 0 Å². The number of carbonyl (C=O) groups is 5.